The zero-order valence-electron chi connectivity index (χ0n) is 15.8. The molecule has 2 saturated heterocycles. The second kappa shape index (κ2) is 8.79. The lowest BCUT2D eigenvalue weighted by Crippen LogP contribution is -2.42. The smallest absolute Gasteiger partial charge is 0.241 e. The van der Waals surface area contributed by atoms with Crippen LogP contribution in [-0.4, -0.2) is 53.3 Å². The summed E-state index contributed by atoms with van der Waals surface area (Å²) in [5.41, 5.74) is 0.720. The van der Waals surface area contributed by atoms with Crippen LogP contribution in [0.3, 0.4) is 0 Å². The van der Waals surface area contributed by atoms with Crippen LogP contribution in [0.4, 0.5) is 4.39 Å². The molecule has 0 radical (unpaired) electrons. The molecule has 1 N–H and O–H groups in total. The van der Waals surface area contributed by atoms with Gasteiger partial charge in [-0.2, -0.15) is 4.98 Å². The highest BCUT2D eigenvalue weighted by Gasteiger charge is 2.27. The summed E-state index contributed by atoms with van der Waals surface area (Å²) in [5.74, 6) is 0.871. The van der Waals surface area contributed by atoms with Crippen molar-refractivity contribution >= 4 is 5.91 Å². The third-order valence-electron chi connectivity index (χ3n) is 5.42. The highest BCUT2D eigenvalue weighted by Crippen LogP contribution is 2.21. The van der Waals surface area contributed by atoms with Crippen LogP contribution >= 0.6 is 0 Å². The Kier molecular flexibility index (Phi) is 5.97. The Hall–Kier alpha value is -2.32. The van der Waals surface area contributed by atoms with Gasteiger partial charge < -0.3 is 14.6 Å². The molecule has 0 spiro atoms. The van der Waals surface area contributed by atoms with Gasteiger partial charge in [0, 0.05) is 24.6 Å². The Bertz CT molecular complexity index is 781. The fraction of sp³-hybridized carbons (Fsp3) is 0.550. The van der Waals surface area contributed by atoms with Gasteiger partial charge in [0.05, 0.1) is 12.6 Å². The van der Waals surface area contributed by atoms with Crippen molar-refractivity contribution in [2.24, 2.45) is 5.92 Å². The number of carbonyl (C=O) groups excluding carboxylic acids is 1. The molecule has 2 aliphatic heterocycles. The number of nitrogens with one attached hydrogen (secondary N) is 1. The third-order valence-corrected chi connectivity index (χ3v) is 5.42. The molecule has 1 aromatic carbocycles. The predicted octanol–water partition coefficient (Wildman–Crippen LogP) is 2.38. The Morgan fingerprint density at radius 3 is 2.71 bits per heavy atom. The molecule has 150 valence electrons. The van der Waals surface area contributed by atoms with Crippen molar-refractivity contribution < 1.29 is 18.4 Å². The van der Waals surface area contributed by atoms with Gasteiger partial charge >= 0.3 is 0 Å². The predicted molar refractivity (Wildman–Crippen MR) is 99.7 cm³/mol. The van der Waals surface area contributed by atoms with Crippen molar-refractivity contribution in [1.29, 1.82) is 0 Å². The number of rotatable bonds is 6. The van der Waals surface area contributed by atoms with E-state index >= 15 is 0 Å². The van der Waals surface area contributed by atoms with Crippen molar-refractivity contribution in [3.8, 4) is 11.4 Å². The lowest BCUT2D eigenvalue weighted by atomic mass is 9.96. The fourth-order valence-corrected chi connectivity index (χ4v) is 3.74. The summed E-state index contributed by atoms with van der Waals surface area (Å²) < 4.78 is 23.9. The average molecular weight is 388 g/mol. The number of aromatic nitrogens is 2. The molecule has 28 heavy (non-hydrogen) atoms. The molecule has 0 aliphatic carbocycles. The average Bonchev–Trinajstić information content (AvgIpc) is 3.39. The molecule has 3 heterocycles. The molecule has 8 heteroatoms. The highest BCUT2D eigenvalue weighted by molar-refractivity contribution is 5.78. The number of hydrogen-bond donors (Lipinski definition) is 1. The lowest BCUT2D eigenvalue weighted by Gasteiger charge is -2.30. The molecule has 2 aromatic rings. The summed E-state index contributed by atoms with van der Waals surface area (Å²) in [6.45, 7) is 3.60. The van der Waals surface area contributed by atoms with Gasteiger partial charge in [-0.3, -0.25) is 9.69 Å². The van der Waals surface area contributed by atoms with Crippen LogP contribution in [-0.2, 0) is 16.1 Å². The van der Waals surface area contributed by atoms with Crippen molar-refractivity contribution in [2.45, 2.75) is 38.3 Å². The maximum absolute atomic E-state index is 13.0. The van der Waals surface area contributed by atoms with Crippen molar-refractivity contribution in [2.75, 3.05) is 26.2 Å². The van der Waals surface area contributed by atoms with Gasteiger partial charge in [0.2, 0.25) is 17.6 Å². The lowest BCUT2D eigenvalue weighted by molar-refractivity contribution is -0.127. The van der Waals surface area contributed by atoms with Gasteiger partial charge in [0.1, 0.15) is 5.82 Å². The van der Waals surface area contributed by atoms with Gasteiger partial charge in [-0.1, -0.05) is 5.16 Å². The van der Waals surface area contributed by atoms with E-state index in [1.54, 1.807) is 12.1 Å². The van der Waals surface area contributed by atoms with E-state index in [0.717, 1.165) is 50.9 Å². The molecule has 7 nitrogen and oxygen atoms in total. The number of nitrogens with zero attached hydrogens (tertiary/aromatic N) is 3. The maximum atomic E-state index is 13.0. The van der Waals surface area contributed by atoms with Gasteiger partial charge in [-0.05, 0) is 63.0 Å². The van der Waals surface area contributed by atoms with Crippen LogP contribution < -0.4 is 5.32 Å². The fourth-order valence-electron chi connectivity index (χ4n) is 3.74. The number of benzene rings is 1. The number of amides is 1. The van der Waals surface area contributed by atoms with Crippen LogP contribution in [0.15, 0.2) is 28.8 Å². The number of likely N-dealkylation sites (tertiary alicyclic amines) is 1. The molecular weight excluding hydrogens is 363 g/mol. The monoisotopic (exact) mass is 388 g/mol. The number of carbonyl (C=O) groups is 1. The minimum Gasteiger partial charge on any atom is -0.376 e. The second-order valence-corrected chi connectivity index (χ2v) is 7.45. The SMILES string of the molecule is O=C(NCC1CCCO1)C1CCN(Cc2nc(-c3ccc(F)cc3)no2)CC1. The Balaban J connectivity index is 1.23. The Morgan fingerprint density at radius 1 is 1.21 bits per heavy atom. The Morgan fingerprint density at radius 2 is 2.00 bits per heavy atom. The molecule has 1 unspecified atom stereocenters. The van der Waals surface area contributed by atoms with Crippen LogP contribution in [0.1, 0.15) is 31.6 Å². The number of halogens is 1. The van der Waals surface area contributed by atoms with Crippen molar-refractivity contribution in [3.63, 3.8) is 0 Å². The number of piperidine rings is 1. The van der Waals surface area contributed by atoms with Crippen LogP contribution in [0.25, 0.3) is 11.4 Å². The normalized spacial score (nSPS) is 21.1. The summed E-state index contributed by atoms with van der Waals surface area (Å²) in [6, 6.07) is 6.01. The molecule has 2 fully saturated rings. The van der Waals surface area contributed by atoms with Crippen LogP contribution in [0, 0.1) is 11.7 Å². The van der Waals surface area contributed by atoms with Crippen LogP contribution in [0.5, 0.6) is 0 Å². The summed E-state index contributed by atoms with van der Waals surface area (Å²) in [6.07, 6.45) is 3.92. The molecule has 0 bridgehead atoms. The summed E-state index contributed by atoms with van der Waals surface area (Å²) >= 11 is 0. The first-order chi connectivity index (χ1) is 13.7. The van der Waals surface area contributed by atoms with Gasteiger partial charge in [0.25, 0.3) is 0 Å². The van der Waals surface area contributed by atoms with Crippen molar-refractivity contribution in [3.05, 3.63) is 36.0 Å². The molecular formula is C20H25FN4O3. The van der Waals surface area contributed by atoms with E-state index in [2.05, 4.69) is 20.4 Å². The highest BCUT2D eigenvalue weighted by atomic mass is 19.1. The number of ether oxygens (including phenoxy) is 1. The first-order valence-electron chi connectivity index (χ1n) is 9.87. The standard InChI is InChI=1S/C20H25FN4O3/c21-16-5-3-14(4-6-16)19-23-18(28-24-19)13-25-9-7-15(8-10-25)20(26)22-12-17-2-1-11-27-17/h3-6,15,17H,1-2,7-13H2,(H,22,26). The Labute approximate surface area is 163 Å². The zero-order chi connectivity index (χ0) is 19.3. The third kappa shape index (κ3) is 4.74. The summed E-state index contributed by atoms with van der Waals surface area (Å²) in [4.78, 5) is 19.0. The minimum absolute atomic E-state index is 0.0510. The molecule has 4 rings (SSSR count). The van der Waals surface area contributed by atoms with Gasteiger partial charge in [-0.25, -0.2) is 4.39 Å². The molecule has 1 amide bonds. The number of hydrogen-bond acceptors (Lipinski definition) is 6. The van der Waals surface area contributed by atoms with Crippen LogP contribution in [0.2, 0.25) is 0 Å². The largest absolute Gasteiger partial charge is 0.376 e. The second-order valence-electron chi connectivity index (χ2n) is 7.45. The first-order valence-corrected chi connectivity index (χ1v) is 9.87. The van der Waals surface area contributed by atoms with E-state index in [0.29, 0.717) is 24.8 Å². The maximum Gasteiger partial charge on any atom is 0.241 e. The van der Waals surface area contributed by atoms with Gasteiger partial charge in [-0.15, -0.1) is 0 Å². The van der Waals surface area contributed by atoms with E-state index < -0.39 is 0 Å². The summed E-state index contributed by atoms with van der Waals surface area (Å²) in [7, 11) is 0. The molecule has 1 aromatic heterocycles. The van der Waals surface area contributed by atoms with Crippen molar-refractivity contribution in [1.82, 2.24) is 20.4 Å². The van der Waals surface area contributed by atoms with Gasteiger partial charge in [0.15, 0.2) is 0 Å². The van der Waals surface area contributed by atoms with E-state index in [9.17, 15) is 9.18 Å². The zero-order valence-corrected chi connectivity index (χ0v) is 15.8. The van der Waals surface area contributed by atoms with E-state index in [1.807, 2.05) is 0 Å². The first kappa shape index (κ1) is 19.0. The minimum atomic E-state index is -0.296. The molecule has 0 saturated carbocycles. The quantitative estimate of drug-likeness (QED) is 0.818. The summed E-state index contributed by atoms with van der Waals surface area (Å²) in [5, 5.41) is 7.01. The van der Waals surface area contributed by atoms with E-state index in [1.165, 1.54) is 12.1 Å². The molecule has 2 aliphatic rings. The topological polar surface area (TPSA) is 80.5 Å². The van der Waals surface area contributed by atoms with E-state index in [-0.39, 0.29) is 23.7 Å². The van der Waals surface area contributed by atoms with E-state index in [4.69, 9.17) is 9.26 Å². The molecule has 1 atom stereocenters.